The standard InChI is InChI=1S/C16H31NO3/c1-11(2)8-13(16(19)20)10-15(18)14(17)9-12-6-4-3-5-7-12/h11-15,18H,3-10,17H2,1-2H3,(H,19,20)/t13-,14+,15+/m1/s1. The molecule has 0 amide bonds. The summed E-state index contributed by atoms with van der Waals surface area (Å²) in [5.74, 6) is -0.371. The Morgan fingerprint density at radius 2 is 1.80 bits per heavy atom. The SMILES string of the molecule is CC(C)C[C@H](C[C@H](O)[C@@H](N)CC1CCCCC1)C(=O)O. The van der Waals surface area contributed by atoms with Gasteiger partial charge < -0.3 is 15.9 Å². The molecule has 3 atom stereocenters. The third-order valence-electron chi connectivity index (χ3n) is 4.46. The molecule has 4 heteroatoms. The zero-order valence-electron chi connectivity index (χ0n) is 12.9. The Hall–Kier alpha value is -0.610. The lowest BCUT2D eigenvalue weighted by molar-refractivity contribution is -0.143. The second-order valence-corrected chi connectivity index (χ2v) is 6.87. The van der Waals surface area contributed by atoms with E-state index in [1.54, 1.807) is 0 Å². The number of aliphatic hydroxyl groups is 1. The van der Waals surface area contributed by atoms with Gasteiger partial charge in [-0.2, -0.15) is 0 Å². The van der Waals surface area contributed by atoms with Crippen LogP contribution < -0.4 is 5.73 Å². The molecule has 20 heavy (non-hydrogen) atoms. The normalized spacial score (nSPS) is 21.6. The lowest BCUT2D eigenvalue weighted by Gasteiger charge is -2.28. The van der Waals surface area contributed by atoms with Crippen LogP contribution >= 0.6 is 0 Å². The fourth-order valence-electron chi connectivity index (χ4n) is 3.30. The lowest BCUT2D eigenvalue weighted by Crippen LogP contribution is -2.39. The summed E-state index contributed by atoms with van der Waals surface area (Å²) >= 11 is 0. The molecule has 0 bridgehead atoms. The largest absolute Gasteiger partial charge is 0.481 e. The van der Waals surface area contributed by atoms with Gasteiger partial charge in [-0.25, -0.2) is 0 Å². The first-order valence-corrected chi connectivity index (χ1v) is 8.06. The van der Waals surface area contributed by atoms with Crippen LogP contribution in [0.4, 0.5) is 0 Å². The molecule has 1 fully saturated rings. The molecule has 4 nitrogen and oxygen atoms in total. The van der Waals surface area contributed by atoms with Crippen LogP contribution in [0, 0.1) is 17.8 Å². The van der Waals surface area contributed by atoms with Gasteiger partial charge in [0.1, 0.15) is 0 Å². The molecule has 1 aliphatic carbocycles. The second kappa shape index (κ2) is 8.63. The van der Waals surface area contributed by atoms with Gasteiger partial charge in [-0.3, -0.25) is 4.79 Å². The number of aliphatic hydroxyl groups excluding tert-OH is 1. The van der Waals surface area contributed by atoms with Crippen LogP contribution in [0.5, 0.6) is 0 Å². The van der Waals surface area contributed by atoms with Crippen molar-refractivity contribution in [3.63, 3.8) is 0 Å². The van der Waals surface area contributed by atoms with E-state index in [2.05, 4.69) is 0 Å². The van der Waals surface area contributed by atoms with Crippen molar-refractivity contribution in [1.82, 2.24) is 0 Å². The van der Waals surface area contributed by atoms with Crippen molar-refractivity contribution in [1.29, 1.82) is 0 Å². The molecule has 0 aromatic rings. The summed E-state index contributed by atoms with van der Waals surface area (Å²) in [6.07, 6.45) is 7.25. The van der Waals surface area contributed by atoms with E-state index in [-0.39, 0.29) is 12.5 Å². The van der Waals surface area contributed by atoms with Gasteiger partial charge in [-0.05, 0) is 31.1 Å². The van der Waals surface area contributed by atoms with Crippen molar-refractivity contribution in [3.8, 4) is 0 Å². The number of carboxylic acids is 1. The molecule has 0 aliphatic heterocycles. The summed E-state index contributed by atoms with van der Waals surface area (Å²) < 4.78 is 0. The maximum absolute atomic E-state index is 11.2. The van der Waals surface area contributed by atoms with Gasteiger partial charge in [0, 0.05) is 6.04 Å². The number of rotatable bonds is 8. The Bertz CT molecular complexity index is 287. The molecule has 0 aromatic heterocycles. The summed E-state index contributed by atoms with van der Waals surface area (Å²) in [7, 11) is 0. The first-order chi connectivity index (χ1) is 9.40. The molecule has 4 N–H and O–H groups in total. The first-order valence-electron chi connectivity index (χ1n) is 8.06. The number of carboxylic acid groups (broad SMARTS) is 1. The minimum absolute atomic E-state index is 0.279. The van der Waals surface area contributed by atoms with E-state index in [4.69, 9.17) is 5.73 Å². The highest BCUT2D eigenvalue weighted by molar-refractivity contribution is 5.70. The fraction of sp³-hybridized carbons (Fsp3) is 0.938. The van der Waals surface area contributed by atoms with E-state index in [1.807, 2.05) is 13.8 Å². The Balaban J connectivity index is 2.41. The minimum Gasteiger partial charge on any atom is -0.481 e. The summed E-state index contributed by atoms with van der Waals surface area (Å²) in [5, 5.41) is 19.4. The Morgan fingerprint density at radius 1 is 1.20 bits per heavy atom. The topological polar surface area (TPSA) is 83.5 Å². The molecule has 0 aromatic carbocycles. The zero-order valence-corrected chi connectivity index (χ0v) is 12.9. The molecule has 118 valence electrons. The van der Waals surface area contributed by atoms with Gasteiger partial charge in [0.15, 0.2) is 0 Å². The van der Waals surface area contributed by atoms with Crippen LogP contribution in [-0.4, -0.2) is 28.3 Å². The van der Waals surface area contributed by atoms with Crippen molar-refractivity contribution in [2.24, 2.45) is 23.5 Å². The maximum Gasteiger partial charge on any atom is 0.306 e. The Kier molecular flexibility index (Phi) is 7.52. The molecule has 0 saturated heterocycles. The zero-order chi connectivity index (χ0) is 15.1. The highest BCUT2D eigenvalue weighted by atomic mass is 16.4. The molecule has 1 rings (SSSR count). The number of hydrogen-bond acceptors (Lipinski definition) is 3. The molecule has 1 saturated carbocycles. The van der Waals surface area contributed by atoms with Crippen LogP contribution in [0.1, 0.15) is 65.2 Å². The Labute approximate surface area is 122 Å². The molecular weight excluding hydrogens is 254 g/mol. The molecule has 0 heterocycles. The summed E-state index contributed by atoms with van der Waals surface area (Å²) in [5.41, 5.74) is 6.08. The highest BCUT2D eigenvalue weighted by Gasteiger charge is 2.27. The van der Waals surface area contributed by atoms with Crippen molar-refractivity contribution >= 4 is 5.97 Å². The molecule has 0 spiro atoms. The van der Waals surface area contributed by atoms with Crippen LogP contribution in [0.15, 0.2) is 0 Å². The number of hydrogen-bond donors (Lipinski definition) is 3. The van der Waals surface area contributed by atoms with E-state index in [1.165, 1.54) is 32.1 Å². The summed E-state index contributed by atoms with van der Waals surface area (Å²) in [6.45, 7) is 4.01. The van der Waals surface area contributed by atoms with E-state index < -0.39 is 18.0 Å². The number of nitrogens with two attached hydrogens (primary N) is 1. The van der Waals surface area contributed by atoms with Crippen molar-refractivity contribution in [2.75, 3.05) is 0 Å². The number of carbonyl (C=O) groups is 1. The lowest BCUT2D eigenvalue weighted by atomic mass is 9.82. The predicted octanol–water partition coefficient (Wildman–Crippen LogP) is 2.78. The van der Waals surface area contributed by atoms with E-state index in [0.717, 1.165) is 6.42 Å². The third-order valence-corrected chi connectivity index (χ3v) is 4.46. The molecule has 1 aliphatic rings. The van der Waals surface area contributed by atoms with Crippen molar-refractivity contribution in [3.05, 3.63) is 0 Å². The van der Waals surface area contributed by atoms with E-state index in [0.29, 0.717) is 18.3 Å². The Morgan fingerprint density at radius 3 is 2.30 bits per heavy atom. The highest BCUT2D eigenvalue weighted by Crippen LogP contribution is 2.28. The van der Waals surface area contributed by atoms with Gasteiger partial charge in [0.25, 0.3) is 0 Å². The monoisotopic (exact) mass is 285 g/mol. The van der Waals surface area contributed by atoms with Crippen molar-refractivity contribution in [2.45, 2.75) is 77.4 Å². The molecular formula is C16H31NO3. The summed E-state index contributed by atoms with van der Waals surface area (Å²) in [4.78, 5) is 11.2. The van der Waals surface area contributed by atoms with Crippen molar-refractivity contribution < 1.29 is 15.0 Å². The predicted molar refractivity (Wildman–Crippen MR) is 80.4 cm³/mol. The van der Waals surface area contributed by atoms with Gasteiger partial charge in [0.2, 0.25) is 0 Å². The number of aliphatic carboxylic acids is 1. The second-order valence-electron chi connectivity index (χ2n) is 6.87. The van der Waals surface area contributed by atoms with E-state index in [9.17, 15) is 15.0 Å². The van der Waals surface area contributed by atoms with Crippen LogP contribution in [0.3, 0.4) is 0 Å². The van der Waals surface area contributed by atoms with E-state index >= 15 is 0 Å². The molecule has 0 radical (unpaired) electrons. The smallest absolute Gasteiger partial charge is 0.306 e. The summed E-state index contributed by atoms with van der Waals surface area (Å²) in [6, 6.07) is -0.285. The van der Waals surface area contributed by atoms with Gasteiger partial charge >= 0.3 is 5.97 Å². The van der Waals surface area contributed by atoms with Gasteiger partial charge in [-0.15, -0.1) is 0 Å². The average molecular weight is 285 g/mol. The first kappa shape index (κ1) is 17.4. The third kappa shape index (κ3) is 6.23. The average Bonchev–Trinajstić information content (AvgIpc) is 2.38. The van der Waals surface area contributed by atoms with Crippen LogP contribution in [-0.2, 0) is 4.79 Å². The fourth-order valence-corrected chi connectivity index (χ4v) is 3.30. The maximum atomic E-state index is 11.2. The molecule has 0 unspecified atom stereocenters. The van der Waals surface area contributed by atoms with Gasteiger partial charge in [-0.1, -0.05) is 46.0 Å². The quantitative estimate of drug-likeness (QED) is 0.640. The van der Waals surface area contributed by atoms with Gasteiger partial charge in [0.05, 0.1) is 12.0 Å². The van der Waals surface area contributed by atoms with Crippen LogP contribution in [0.25, 0.3) is 0 Å². The van der Waals surface area contributed by atoms with Crippen LogP contribution in [0.2, 0.25) is 0 Å². The minimum atomic E-state index is -0.817.